The molecule has 3 nitrogen and oxygen atoms in total. The third-order valence-electron chi connectivity index (χ3n) is 3.10. The van der Waals surface area contributed by atoms with Gasteiger partial charge in [-0.3, -0.25) is 4.68 Å². The average molecular weight is 310 g/mol. The van der Waals surface area contributed by atoms with Gasteiger partial charge in [-0.05, 0) is 37.7 Å². The fourth-order valence-electron chi connectivity index (χ4n) is 2.09. The van der Waals surface area contributed by atoms with Crippen molar-refractivity contribution in [3.8, 4) is 0 Å². The normalized spacial score (nSPS) is 12.6. The van der Waals surface area contributed by atoms with Crippen molar-refractivity contribution in [2.45, 2.75) is 30.8 Å². The molecule has 1 aromatic carbocycles. The summed E-state index contributed by atoms with van der Waals surface area (Å²) in [7, 11) is 1.99. The van der Waals surface area contributed by atoms with Gasteiger partial charge in [0.25, 0.3) is 0 Å². The van der Waals surface area contributed by atoms with Crippen LogP contribution in [0.15, 0.2) is 41.4 Å². The van der Waals surface area contributed by atoms with Gasteiger partial charge in [-0.1, -0.05) is 24.6 Å². The van der Waals surface area contributed by atoms with Crippen LogP contribution in [-0.2, 0) is 6.54 Å². The molecule has 108 valence electrons. The molecule has 5 heteroatoms. The van der Waals surface area contributed by atoms with E-state index in [9.17, 15) is 0 Å². The van der Waals surface area contributed by atoms with Gasteiger partial charge >= 0.3 is 0 Å². The standard InChI is InChI=1S/C15H20ClN3S/c1-3-9-19-15(7-8-18-19)14(17-2)11-20-13-6-4-5-12(16)10-13/h4-8,10,14,17H,3,9,11H2,1-2H3. The minimum atomic E-state index is 0.285. The average Bonchev–Trinajstić information content (AvgIpc) is 2.89. The highest BCUT2D eigenvalue weighted by atomic mass is 35.5. The predicted molar refractivity (Wildman–Crippen MR) is 86.5 cm³/mol. The molecule has 0 aliphatic carbocycles. The lowest BCUT2D eigenvalue weighted by atomic mass is 10.2. The van der Waals surface area contributed by atoms with E-state index in [-0.39, 0.29) is 6.04 Å². The molecule has 0 bridgehead atoms. The van der Waals surface area contributed by atoms with Crippen molar-refractivity contribution >= 4 is 23.4 Å². The van der Waals surface area contributed by atoms with Crippen molar-refractivity contribution in [3.63, 3.8) is 0 Å². The number of nitrogens with zero attached hydrogens (tertiary/aromatic N) is 2. The molecule has 0 saturated carbocycles. The number of nitrogens with one attached hydrogen (secondary N) is 1. The van der Waals surface area contributed by atoms with Gasteiger partial charge in [-0.15, -0.1) is 11.8 Å². The van der Waals surface area contributed by atoms with Gasteiger partial charge in [0.05, 0.1) is 11.7 Å². The van der Waals surface area contributed by atoms with Gasteiger partial charge in [-0.25, -0.2) is 0 Å². The minimum absolute atomic E-state index is 0.285. The number of hydrogen-bond donors (Lipinski definition) is 1. The summed E-state index contributed by atoms with van der Waals surface area (Å²) in [5.41, 5.74) is 1.24. The zero-order valence-corrected chi connectivity index (χ0v) is 13.4. The molecule has 1 aromatic heterocycles. The van der Waals surface area contributed by atoms with Crippen LogP contribution in [0.1, 0.15) is 25.1 Å². The lowest BCUT2D eigenvalue weighted by molar-refractivity contribution is 0.524. The van der Waals surface area contributed by atoms with Crippen LogP contribution >= 0.6 is 23.4 Å². The van der Waals surface area contributed by atoms with Gasteiger partial charge in [0, 0.05) is 28.4 Å². The molecule has 0 radical (unpaired) electrons. The first-order chi connectivity index (χ1) is 9.74. The third kappa shape index (κ3) is 4.01. The van der Waals surface area contributed by atoms with Crippen molar-refractivity contribution < 1.29 is 0 Å². The SMILES string of the molecule is CCCn1nccc1C(CSc1cccc(Cl)c1)NC. The molecule has 2 aromatic rings. The molecular formula is C15H20ClN3S. The van der Waals surface area contributed by atoms with Crippen LogP contribution < -0.4 is 5.32 Å². The predicted octanol–water partition coefficient (Wildman–Crippen LogP) is 4.00. The van der Waals surface area contributed by atoms with Gasteiger partial charge in [0.2, 0.25) is 0 Å². The number of hydrogen-bond acceptors (Lipinski definition) is 3. The molecule has 20 heavy (non-hydrogen) atoms. The number of rotatable bonds is 7. The summed E-state index contributed by atoms with van der Waals surface area (Å²) in [5.74, 6) is 0.951. The second-order valence-corrected chi connectivity index (χ2v) is 6.12. The van der Waals surface area contributed by atoms with E-state index in [1.165, 1.54) is 10.6 Å². The van der Waals surface area contributed by atoms with Crippen LogP contribution in [-0.4, -0.2) is 22.6 Å². The summed E-state index contributed by atoms with van der Waals surface area (Å²) in [4.78, 5) is 1.19. The van der Waals surface area contributed by atoms with Crippen molar-refractivity contribution in [2.75, 3.05) is 12.8 Å². The Kier molecular flexibility index (Phi) is 5.95. The highest BCUT2D eigenvalue weighted by Gasteiger charge is 2.14. The number of aromatic nitrogens is 2. The molecule has 0 fully saturated rings. The summed E-state index contributed by atoms with van der Waals surface area (Å²) in [5, 5.41) is 8.55. The minimum Gasteiger partial charge on any atom is -0.311 e. The summed E-state index contributed by atoms with van der Waals surface area (Å²) >= 11 is 7.82. The maximum Gasteiger partial charge on any atom is 0.0584 e. The smallest absolute Gasteiger partial charge is 0.0584 e. The number of benzene rings is 1. The maximum absolute atomic E-state index is 6.02. The van der Waals surface area contributed by atoms with E-state index in [0.717, 1.165) is 23.7 Å². The highest BCUT2D eigenvalue weighted by molar-refractivity contribution is 7.99. The Morgan fingerprint density at radius 1 is 1.40 bits per heavy atom. The monoisotopic (exact) mass is 309 g/mol. The van der Waals surface area contributed by atoms with E-state index in [4.69, 9.17) is 11.6 Å². The van der Waals surface area contributed by atoms with Crippen molar-refractivity contribution in [1.29, 1.82) is 0 Å². The molecule has 0 aliphatic heterocycles. The molecule has 1 heterocycles. The number of aryl methyl sites for hydroxylation is 1. The van der Waals surface area contributed by atoms with E-state index in [1.807, 2.05) is 31.4 Å². The lowest BCUT2D eigenvalue weighted by Crippen LogP contribution is -2.22. The first-order valence-corrected chi connectivity index (χ1v) is 8.18. The van der Waals surface area contributed by atoms with Crippen molar-refractivity contribution in [3.05, 3.63) is 47.2 Å². The highest BCUT2D eigenvalue weighted by Crippen LogP contribution is 2.26. The summed E-state index contributed by atoms with van der Waals surface area (Å²) in [6.45, 7) is 3.13. The van der Waals surface area contributed by atoms with Gasteiger partial charge in [0.15, 0.2) is 0 Å². The van der Waals surface area contributed by atoms with Gasteiger partial charge in [0.1, 0.15) is 0 Å². The zero-order chi connectivity index (χ0) is 14.4. The number of halogens is 1. The molecule has 0 spiro atoms. The van der Waals surface area contributed by atoms with Crippen LogP contribution in [0.4, 0.5) is 0 Å². The third-order valence-corrected chi connectivity index (χ3v) is 4.43. The van der Waals surface area contributed by atoms with Crippen molar-refractivity contribution in [1.82, 2.24) is 15.1 Å². The zero-order valence-electron chi connectivity index (χ0n) is 11.8. The second kappa shape index (κ2) is 7.72. The van der Waals surface area contributed by atoms with Crippen LogP contribution in [0.5, 0.6) is 0 Å². The molecule has 1 N–H and O–H groups in total. The summed E-state index contributed by atoms with van der Waals surface area (Å²) in [6, 6.07) is 10.4. The van der Waals surface area contributed by atoms with E-state index in [1.54, 1.807) is 11.8 Å². The fourth-order valence-corrected chi connectivity index (χ4v) is 3.43. The Morgan fingerprint density at radius 3 is 2.95 bits per heavy atom. The number of thioether (sulfide) groups is 1. The van der Waals surface area contributed by atoms with E-state index < -0.39 is 0 Å². The Bertz CT molecular complexity index is 541. The molecule has 0 saturated heterocycles. The molecule has 1 unspecified atom stereocenters. The molecule has 2 rings (SSSR count). The molecule has 0 amide bonds. The van der Waals surface area contributed by atoms with Gasteiger partial charge in [-0.2, -0.15) is 5.10 Å². The molecule has 0 aliphatic rings. The van der Waals surface area contributed by atoms with Crippen LogP contribution in [0, 0.1) is 0 Å². The fraction of sp³-hybridized carbons (Fsp3) is 0.400. The Morgan fingerprint density at radius 2 is 2.25 bits per heavy atom. The van der Waals surface area contributed by atoms with E-state index in [2.05, 4.69) is 34.2 Å². The maximum atomic E-state index is 6.02. The first kappa shape index (κ1) is 15.4. The largest absolute Gasteiger partial charge is 0.311 e. The Labute approximate surface area is 129 Å². The van der Waals surface area contributed by atoms with Crippen molar-refractivity contribution in [2.24, 2.45) is 0 Å². The first-order valence-electron chi connectivity index (χ1n) is 6.82. The molecule has 1 atom stereocenters. The van der Waals surface area contributed by atoms with Crippen LogP contribution in [0.25, 0.3) is 0 Å². The van der Waals surface area contributed by atoms with E-state index in [0.29, 0.717) is 0 Å². The van der Waals surface area contributed by atoms with E-state index >= 15 is 0 Å². The quantitative estimate of drug-likeness (QED) is 0.784. The molecular weight excluding hydrogens is 290 g/mol. The summed E-state index contributed by atoms with van der Waals surface area (Å²) in [6.07, 6.45) is 2.96. The Hall–Kier alpha value is -0.970. The lowest BCUT2D eigenvalue weighted by Gasteiger charge is -2.17. The Balaban J connectivity index is 2.03. The van der Waals surface area contributed by atoms with Crippen LogP contribution in [0.2, 0.25) is 5.02 Å². The van der Waals surface area contributed by atoms with Crippen LogP contribution in [0.3, 0.4) is 0 Å². The second-order valence-electron chi connectivity index (χ2n) is 4.59. The summed E-state index contributed by atoms with van der Waals surface area (Å²) < 4.78 is 2.08. The topological polar surface area (TPSA) is 29.9 Å². The van der Waals surface area contributed by atoms with Gasteiger partial charge < -0.3 is 5.32 Å².